The summed E-state index contributed by atoms with van der Waals surface area (Å²) in [6, 6.07) is 12.3. The second-order valence-electron chi connectivity index (χ2n) is 4.18. The van der Waals surface area contributed by atoms with Gasteiger partial charge in [0.2, 0.25) is 0 Å². The Morgan fingerprint density at radius 2 is 1.94 bits per heavy atom. The molecule has 0 atom stereocenters. The molecule has 0 fully saturated rings. The van der Waals surface area contributed by atoms with Gasteiger partial charge in [0.25, 0.3) is 5.91 Å². The highest BCUT2D eigenvalue weighted by Gasteiger charge is 2.28. The number of aromatic hydroxyl groups is 1. The van der Waals surface area contributed by atoms with Crippen molar-refractivity contribution >= 4 is 23.2 Å². The summed E-state index contributed by atoms with van der Waals surface area (Å²) in [6.07, 6.45) is 0. The molecule has 1 heterocycles. The van der Waals surface area contributed by atoms with Crippen LogP contribution >= 0.6 is 11.6 Å². The van der Waals surface area contributed by atoms with Crippen molar-refractivity contribution in [1.29, 1.82) is 0 Å². The lowest BCUT2D eigenvalue weighted by Gasteiger charge is -2.16. The molecule has 4 heteroatoms. The van der Waals surface area contributed by atoms with Crippen LogP contribution in [0.25, 0.3) is 0 Å². The quantitative estimate of drug-likeness (QED) is 0.854. The lowest BCUT2D eigenvalue weighted by atomic mass is 10.1. The fraction of sp³-hybridized carbons (Fsp3) is 0.0714. The summed E-state index contributed by atoms with van der Waals surface area (Å²) in [5.74, 6) is -0.0167. The van der Waals surface area contributed by atoms with E-state index in [4.69, 9.17) is 11.6 Å². The summed E-state index contributed by atoms with van der Waals surface area (Å²) >= 11 is 5.86. The molecule has 2 aromatic rings. The molecule has 2 aromatic carbocycles. The Bertz CT molecular complexity index is 639. The van der Waals surface area contributed by atoms with Gasteiger partial charge >= 0.3 is 0 Å². The SMILES string of the molecule is O=C1c2ccccc2CN1c1ccc(O)c(Cl)c1. The number of nitrogens with zero attached hydrogens (tertiary/aromatic N) is 1. The number of carbonyl (C=O) groups excluding carboxylic acids is 1. The second-order valence-corrected chi connectivity index (χ2v) is 4.59. The number of phenolic OH excluding ortho intramolecular Hbond substituents is 1. The summed E-state index contributed by atoms with van der Waals surface area (Å²) in [5, 5.41) is 9.64. The number of amides is 1. The van der Waals surface area contributed by atoms with Crippen LogP contribution in [-0.2, 0) is 6.54 Å². The molecule has 18 heavy (non-hydrogen) atoms. The van der Waals surface area contributed by atoms with Crippen molar-refractivity contribution in [3.8, 4) is 5.75 Å². The molecule has 0 saturated carbocycles. The Hall–Kier alpha value is -2.00. The van der Waals surface area contributed by atoms with E-state index in [1.165, 1.54) is 6.07 Å². The van der Waals surface area contributed by atoms with E-state index in [9.17, 15) is 9.90 Å². The largest absolute Gasteiger partial charge is 0.506 e. The number of carbonyl (C=O) groups is 1. The Morgan fingerprint density at radius 3 is 2.67 bits per heavy atom. The number of hydrogen-bond donors (Lipinski definition) is 1. The fourth-order valence-electron chi connectivity index (χ4n) is 2.13. The maximum atomic E-state index is 12.2. The molecule has 1 aliphatic rings. The Kier molecular flexibility index (Phi) is 2.49. The third-order valence-corrected chi connectivity index (χ3v) is 3.37. The van der Waals surface area contributed by atoms with Crippen LogP contribution < -0.4 is 4.90 Å². The molecule has 0 radical (unpaired) electrons. The first kappa shape index (κ1) is 11.1. The van der Waals surface area contributed by atoms with Crippen LogP contribution in [0, 0.1) is 0 Å². The normalized spacial score (nSPS) is 13.8. The van der Waals surface area contributed by atoms with Crippen molar-refractivity contribution in [3.05, 3.63) is 58.6 Å². The Labute approximate surface area is 109 Å². The molecule has 0 bridgehead atoms. The third kappa shape index (κ3) is 1.64. The number of fused-ring (bicyclic) bond motifs is 1. The molecule has 1 aliphatic heterocycles. The van der Waals surface area contributed by atoms with Crippen LogP contribution in [0.2, 0.25) is 5.02 Å². The minimum atomic E-state index is -0.0349. The van der Waals surface area contributed by atoms with E-state index < -0.39 is 0 Å². The van der Waals surface area contributed by atoms with E-state index in [-0.39, 0.29) is 16.7 Å². The second kappa shape index (κ2) is 4.03. The fourth-order valence-corrected chi connectivity index (χ4v) is 2.30. The zero-order valence-corrected chi connectivity index (χ0v) is 10.2. The average Bonchev–Trinajstić information content (AvgIpc) is 2.71. The van der Waals surface area contributed by atoms with Gasteiger partial charge in [-0.15, -0.1) is 0 Å². The number of phenols is 1. The molecule has 1 amide bonds. The van der Waals surface area contributed by atoms with Crippen LogP contribution in [0.1, 0.15) is 15.9 Å². The highest BCUT2D eigenvalue weighted by atomic mass is 35.5. The van der Waals surface area contributed by atoms with Crippen molar-refractivity contribution < 1.29 is 9.90 Å². The Morgan fingerprint density at radius 1 is 1.17 bits per heavy atom. The number of rotatable bonds is 1. The van der Waals surface area contributed by atoms with E-state index in [2.05, 4.69) is 0 Å². The predicted molar refractivity (Wildman–Crippen MR) is 70.1 cm³/mol. The first-order chi connectivity index (χ1) is 8.66. The van der Waals surface area contributed by atoms with E-state index in [0.717, 1.165) is 11.1 Å². The summed E-state index contributed by atoms with van der Waals surface area (Å²) in [5.41, 5.74) is 2.42. The molecule has 0 spiro atoms. The van der Waals surface area contributed by atoms with Gasteiger partial charge < -0.3 is 10.0 Å². The van der Waals surface area contributed by atoms with Gasteiger partial charge in [-0.25, -0.2) is 0 Å². The monoisotopic (exact) mass is 259 g/mol. The first-order valence-corrected chi connectivity index (χ1v) is 5.93. The molecule has 0 aromatic heterocycles. The zero-order chi connectivity index (χ0) is 12.7. The molecule has 0 unspecified atom stereocenters. The van der Waals surface area contributed by atoms with Crippen LogP contribution in [0.4, 0.5) is 5.69 Å². The van der Waals surface area contributed by atoms with Crippen molar-refractivity contribution in [1.82, 2.24) is 0 Å². The predicted octanol–water partition coefficient (Wildman–Crippen LogP) is 3.21. The lowest BCUT2D eigenvalue weighted by molar-refractivity contribution is 0.0996. The number of halogens is 1. The van der Waals surface area contributed by atoms with Gasteiger partial charge in [-0.05, 0) is 29.8 Å². The maximum absolute atomic E-state index is 12.2. The van der Waals surface area contributed by atoms with E-state index in [0.29, 0.717) is 12.2 Å². The highest BCUT2D eigenvalue weighted by molar-refractivity contribution is 6.32. The van der Waals surface area contributed by atoms with Gasteiger partial charge in [0.15, 0.2) is 0 Å². The number of benzene rings is 2. The van der Waals surface area contributed by atoms with Crippen LogP contribution in [0.3, 0.4) is 0 Å². The van der Waals surface area contributed by atoms with E-state index in [1.807, 2.05) is 24.3 Å². The van der Waals surface area contributed by atoms with Crippen molar-refractivity contribution in [3.63, 3.8) is 0 Å². The molecule has 0 saturated heterocycles. The van der Waals surface area contributed by atoms with Gasteiger partial charge in [0.1, 0.15) is 5.75 Å². The van der Waals surface area contributed by atoms with Gasteiger partial charge in [-0.2, -0.15) is 0 Å². The van der Waals surface area contributed by atoms with Crippen LogP contribution in [-0.4, -0.2) is 11.0 Å². The molecular formula is C14H10ClNO2. The van der Waals surface area contributed by atoms with Crippen molar-refractivity contribution in [2.75, 3.05) is 4.90 Å². The minimum absolute atomic E-state index is 0.0181. The molecule has 1 N–H and O–H groups in total. The molecule has 3 nitrogen and oxygen atoms in total. The van der Waals surface area contributed by atoms with Gasteiger partial charge in [0, 0.05) is 11.3 Å². The third-order valence-electron chi connectivity index (χ3n) is 3.06. The molecule has 90 valence electrons. The van der Waals surface area contributed by atoms with Crippen molar-refractivity contribution in [2.45, 2.75) is 6.54 Å². The summed E-state index contributed by atoms with van der Waals surface area (Å²) in [4.78, 5) is 13.9. The lowest BCUT2D eigenvalue weighted by Crippen LogP contribution is -2.22. The van der Waals surface area contributed by atoms with Gasteiger partial charge in [-0.1, -0.05) is 29.8 Å². The Balaban J connectivity index is 2.01. The van der Waals surface area contributed by atoms with E-state index >= 15 is 0 Å². The van der Waals surface area contributed by atoms with Crippen molar-refractivity contribution in [2.24, 2.45) is 0 Å². The standard InChI is InChI=1S/C14H10ClNO2/c15-12-7-10(5-6-13(12)17)16-8-9-3-1-2-4-11(9)14(16)18/h1-7,17H,8H2. The first-order valence-electron chi connectivity index (χ1n) is 5.55. The zero-order valence-electron chi connectivity index (χ0n) is 9.43. The molecule has 0 aliphatic carbocycles. The van der Waals surface area contributed by atoms with Gasteiger partial charge in [0.05, 0.1) is 11.6 Å². The van der Waals surface area contributed by atoms with Crippen LogP contribution in [0.15, 0.2) is 42.5 Å². The number of hydrogen-bond acceptors (Lipinski definition) is 2. The highest BCUT2D eigenvalue weighted by Crippen LogP contribution is 2.32. The van der Waals surface area contributed by atoms with Gasteiger partial charge in [-0.3, -0.25) is 4.79 Å². The van der Waals surface area contributed by atoms with E-state index in [1.54, 1.807) is 17.0 Å². The molecule has 3 rings (SSSR count). The average molecular weight is 260 g/mol. The smallest absolute Gasteiger partial charge is 0.258 e. The number of anilines is 1. The maximum Gasteiger partial charge on any atom is 0.258 e. The summed E-state index contributed by atoms with van der Waals surface area (Å²) in [7, 11) is 0. The topological polar surface area (TPSA) is 40.5 Å². The van der Waals surface area contributed by atoms with Crippen LogP contribution in [0.5, 0.6) is 5.75 Å². The summed E-state index contributed by atoms with van der Waals surface area (Å²) in [6.45, 7) is 0.538. The molecular weight excluding hydrogens is 250 g/mol. The summed E-state index contributed by atoms with van der Waals surface area (Å²) < 4.78 is 0. The minimum Gasteiger partial charge on any atom is -0.506 e.